The summed E-state index contributed by atoms with van der Waals surface area (Å²) in [7, 11) is -3.40. The quantitative estimate of drug-likeness (QED) is 0.803. The Labute approximate surface area is 129 Å². The molecule has 0 bridgehead atoms. The molecule has 0 fully saturated rings. The predicted octanol–water partition coefficient (Wildman–Crippen LogP) is 2.91. The summed E-state index contributed by atoms with van der Waals surface area (Å²) in [5.74, 6) is 0. The Morgan fingerprint density at radius 1 is 1.24 bits per heavy atom. The van der Waals surface area contributed by atoms with E-state index < -0.39 is 10.0 Å². The van der Waals surface area contributed by atoms with Crippen molar-refractivity contribution in [3.05, 3.63) is 29.3 Å². The van der Waals surface area contributed by atoms with Gasteiger partial charge in [0.25, 0.3) is 0 Å². The molecule has 0 saturated carbocycles. The summed E-state index contributed by atoms with van der Waals surface area (Å²) >= 11 is 0. The van der Waals surface area contributed by atoms with E-state index in [2.05, 4.69) is 19.2 Å². The fourth-order valence-electron chi connectivity index (χ4n) is 2.28. The van der Waals surface area contributed by atoms with E-state index in [0.717, 1.165) is 17.5 Å². The number of benzene rings is 1. The van der Waals surface area contributed by atoms with Crippen molar-refractivity contribution in [2.45, 2.75) is 58.5 Å². The maximum Gasteiger partial charge on any atom is 0.243 e. The van der Waals surface area contributed by atoms with Crippen LogP contribution in [0.4, 0.5) is 0 Å². The fourth-order valence-corrected chi connectivity index (χ4v) is 4.09. The van der Waals surface area contributed by atoms with Gasteiger partial charge in [-0.25, -0.2) is 8.42 Å². The molecule has 0 spiro atoms. The summed E-state index contributed by atoms with van der Waals surface area (Å²) in [6, 6.07) is 5.90. The Kier molecular flexibility index (Phi) is 6.84. The van der Waals surface area contributed by atoms with Gasteiger partial charge in [0.05, 0.1) is 4.90 Å². The highest BCUT2D eigenvalue weighted by Gasteiger charge is 2.24. The van der Waals surface area contributed by atoms with Gasteiger partial charge in [-0.2, -0.15) is 4.31 Å². The van der Waals surface area contributed by atoms with Gasteiger partial charge in [0.15, 0.2) is 0 Å². The van der Waals surface area contributed by atoms with Crippen molar-refractivity contribution in [1.29, 1.82) is 0 Å². The van der Waals surface area contributed by atoms with Crippen LogP contribution in [0.2, 0.25) is 0 Å². The van der Waals surface area contributed by atoms with Crippen LogP contribution < -0.4 is 5.32 Å². The molecule has 120 valence electrons. The fraction of sp³-hybridized carbons (Fsp3) is 0.625. The van der Waals surface area contributed by atoms with Crippen LogP contribution in [0.1, 0.15) is 45.2 Å². The number of nitrogens with one attached hydrogen (secondary N) is 1. The van der Waals surface area contributed by atoms with E-state index in [1.54, 1.807) is 10.4 Å². The zero-order valence-corrected chi connectivity index (χ0v) is 14.6. The third-order valence-electron chi connectivity index (χ3n) is 3.54. The summed E-state index contributed by atoms with van der Waals surface area (Å²) in [6.45, 7) is 11.7. The molecule has 1 N–H and O–H groups in total. The van der Waals surface area contributed by atoms with E-state index in [1.807, 2.05) is 32.9 Å². The molecule has 21 heavy (non-hydrogen) atoms. The lowest BCUT2D eigenvalue weighted by Gasteiger charge is -2.22. The molecule has 0 heterocycles. The Morgan fingerprint density at radius 3 is 2.43 bits per heavy atom. The van der Waals surface area contributed by atoms with Gasteiger partial charge in [0, 0.05) is 25.7 Å². The van der Waals surface area contributed by atoms with E-state index in [9.17, 15) is 8.42 Å². The summed E-state index contributed by atoms with van der Waals surface area (Å²) < 4.78 is 27.1. The van der Waals surface area contributed by atoms with Crippen LogP contribution in [0.3, 0.4) is 0 Å². The minimum Gasteiger partial charge on any atom is -0.310 e. The lowest BCUT2D eigenvalue weighted by molar-refractivity contribution is 0.426. The molecule has 0 saturated heterocycles. The standard InChI is InChI=1S/C16H28N2O2S/c1-6-11-18(7-2)21(19,20)16-10-8-9-15(14(16)5)12-17-13(3)4/h8-10,13,17H,6-7,11-12H2,1-5H3. The predicted molar refractivity (Wildman–Crippen MR) is 87.9 cm³/mol. The summed E-state index contributed by atoms with van der Waals surface area (Å²) in [6.07, 6.45) is 0.820. The van der Waals surface area contributed by atoms with Crippen molar-refractivity contribution in [2.75, 3.05) is 13.1 Å². The first-order valence-corrected chi connectivity index (χ1v) is 9.10. The molecule has 0 atom stereocenters. The Morgan fingerprint density at radius 2 is 1.90 bits per heavy atom. The van der Waals surface area contributed by atoms with Gasteiger partial charge in [-0.3, -0.25) is 0 Å². The van der Waals surface area contributed by atoms with Gasteiger partial charge in [-0.15, -0.1) is 0 Å². The van der Waals surface area contributed by atoms with Crippen molar-refractivity contribution in [2.24, 2.45) is 0 Å². The molecule has 1 rings (SSSR count). The zero-order chi connectivity index (χ0) is 16.0. The molecule has 0 aliphatic carbocycles. The van der Waals surface area contributed by atoms with Gasteiger partial charge in [0.1, 0.15) is 0 Å². The Hall–Kier alpha value is -0.910. The van der Waals surface area contributed by atoms with Crippen molar-refractivity contribution in [3.63, 3.8) is 0 Å². The first-order valence-electron chi connectivity index (χ1n) is 7.66. The molecule has 0 aliphatic heterocycles. The van der Waals surface area contributed by atoms with Crippen LogP contribution in [0.15, 0.2) is 23.1 Å². The third kappa shape index (κ3) is 4.53. The van der Waals surface area contributed by atoms with Crippen molar-refractivity contribution in [3.8, 4) is 0 Å². The number of nitrogens with zero attached hydrogens (tertiary/aromatic N) is 1. The molecule has 4 nitrogen and oxygen atoms in total. The van der Waals surface area contributed by atoms with Gasteiger partial charge in [0.2, 0.25) is 10.0 Å². The Balaban J connectivity index is 3.15. The van der Waals surface area contributed by atoms with Gasteiger partial charge in [-0.1, -0.05) is 39.8 Å². The van der Waals surface area contributed by atoms with E-state index in [0.29, 0.717) is 30.6 Å². The van der Waals surface area contributed by atoms with Crippen LogP contribution in [0, 0.1) is 6.92 Å². The minimum atomic E-state index is -3.40. The van der Waals surface area contributed by atoms with Crippen LogP contribution in [-0.4, -0.2) is 31.9 Å². The molecular formula is C16H28N2O2S. The highest BCUT2D eigenvalue weighted by molar-refractivity contribution is 7.89. The average Bonchev–Trinajstić information content (AvgIpc) is 2.43. The van der Waals surface area contributed by atoms with Gasteiger partial charge >= 0.3 is 0 Å². The second-order valence-corrected chi connectivity index (χ2v) is 7.48. The molecule has 0 aromatic heterocycles. The molecular weight excluding hydrogens is 284 g/mol. The SMILES string of the molecule is CCCN(CC)S(=O)(=O)c1cccc(CNC(C)C)c1C. The van der Waals surface area contributed by atoms with E-state index in [1.165, 1.54) is 0 Å². The lowest BCUT2D eigenvalue weighted by atomic mass is 10.1. The van der Waals surface area contributed by atoms with E-state index in [4.69, 9.17) is 0 Å². The normalized spacial score (nSPS) is 12.3. The van der Waals surface area contributed by atoms with Crippen molar-refractivity contribution < 1.29 is 8.42 Å². The maximum atomic E-state index is 12.8. The Bertz CT molecular complexity index is 553. The molecule has 0 aliphatic rings. The van der Waals surface area contributed by atoms with Gasteiger partial charge in [-0.05, 0) is 30.5 Å². The van der Waals surface area contributed by atoms with Crippen LogP contribution >= 0.6 is 0 Å². The highest BCUT2D eigenvalue weighted by atomic mass is 32.2. The van der Waals surface area contributed by atoms with Gasteiger partial charge < -0.3 is 5.32 Å². The molecule has 0 amide bonds. The average molecular weight is 312 g/mol. The summed E-state index contributed by atoms with van der Waals surface area (Å²) in [4.78, 5) is 0.431. The lowest BCUT2D eigenvalue weighted by Crippen LogP contribution is -2.32. The molecule has 1 aromatic carbocycles. The number of sulfonamides is 1. The molecule has 0 radical (unpaired) electrons. The highest BCUT2D eigenvalue weighted by Crippen LogP contribution is 2.23. The first-order chi connectivity index (χ1) is 9.84. The van der Waals surface area contributed by atoms with Crippen LogP contribution in [-0.2, 0) is 16.6 Å². The van der Waals surface area contributed by atoms with Crippen molar-refractivity contribution >= 4 is 10.0 Å². The van der Waals surface area contributed by atoms with Crippen LogP contribution in [0.25, 0.3) is 0 Å². The summed E-state index contributed by atoms with van der Waals surface area (Å²) in [5.41, 5.74) is 1.89. The first kappa shape index (κ1) is 18.1. The molecule has 0 unspecified atom stereocenters. The maximum absolute atomic E-state index is 12.8. The number of hydrogen-bond acceptors (Lipinski definition) is 3. The van der Waals surface area contributed by atoms with E-state index in [-0.39, 0.29) is 0 Å². The molecule has 5 heteroatoms. The second-order valence-electron chi connectivity index (χ2n) is 5.57. The van der Waals surface area contributed by atoms with E-state index >= 15 is 0 Å². The number of rotatable bonds is 8. The van der Waals surface area contributed by atoms with Crippen LogP contribution in [0.5, 0.6) is 0 Å². The molecule has 1 aromatic rings. The third-order valence-corrected chi connectivity index (χ3v) is 5.66. The van der Waals surface area contributed by atoms with Crippen molar-refractivity contribution in [1.82, 2.24) is 9.62 Å². The second kappa shape index (κ2) is 7.92. The summed E-state index contributed by atoms with van der Waals surface area (Å²) in [5, 5.41) is 3.34. The monoisotopic (exact) mass is 312 g/mol. The topological polar surface area (TPSA) is 49.4 Å². The smallest absolute Gasteiger partial charge is 0.243 e. The zero-order valence-electron chi connectivity index (χ0n) is 13.8. The number of hydrogen-bond donors (Lipinski definition) is 1. The largest absolute Gasteiger partial charge is 0.310 e. The minimum absolute atomic E-state index is 0.372.